The Bertz CT molecular complexity index is 370. The summed E-state index contributed by atoms with van der Waals surface area (Å²) in [6.45, 7) is 4.53. The highest BCUT2D eigenvalue weighted by Crippen LogP contribution is 2.06. The number of morpholine rings is 1. The number of carbonyl (C=O) groups excluding carboxylic acids is 2. The number of carbonyl (C=O) groups is 3. The molecule has 2 amide bonds. The zero-order valence-electron chi connectivity index (χ0n) is 11.9. The first-order valence-corrected chi connectivity index (χ1v) is 6.79. The molecule has 0 aliphatic carbocycles. The van der Waals surface area contributed by atoms with Crippen molar-refractivity contribution in [1.82, 2.24) is 10.2 Å². The molecule has 0 aromatic rings. The molecule has 1 aliphatic heterocycles. The van der Waals surface area contributed by atoms with Gasteiger partial charge in [0.25, 0.3) is 0 Å². The summed E-state index contributed by atoms with van der Waals surface area (Å²) in [7, 11) is 0. The van der Waals surface area contributed by atoms with Crippen LogP contribution < -0.4 is 5.32 Å². The molecule has 1 saturated heterocycles. The maximum Gasteiger partial charge on any atom is 0.334 e. The van der Waals surface area contributed by atoms with Gasteiger partial charge in [-0.2, -0.15) is 0 Å². The zero-order chi connectivity index (χ0) is 15.1. The second-order valence-corrected chi connectivity index (χ2v) is 5.25. The fourth-order valence-electron chi connectivity index (χ4n) is 1.82. The largest absolute Gasteiger partial charge is 0.479 e. The predicted octanol–water partition coefficient (Wildman–Crippen LogP) is -0.149. The molecule has 0 saturated carbocycles. The van der Waals surface area contributed by atoms with Crippen molar-refractivity contribution in [3.8, 4) is 0 Å². The first-order valence-electron chi connectivity index (χ1n) is 6.79. The lowest BCUT2D eigenvalue weighted by Gasteiger charge is -2.30. The third-order valence-corrected chi connectivity index (χ3v) is 3.08. The fraction of sp³-hybridized carbons (Fsp3) is 0.769. The third kappa shape index (κ3) is 5.56. The summed E-state index contributed by atoms with van der Waals surface area (Å²) < 4.78 is 5.03. The van der Waals surface area contributed by atoms with Gasteiger partial charge in [-0.3, -0.25) is 9.59 Å². The van der Waals surface area contributed by atoms with Crippen LogP contribution >= 0.6 is 0 Å². The zero-order valence-corrected chi connectivity index (χ0v) is 11.9. The van der Waals surface area contributed by atoms with Crippen molar-refractivity contribution < 1.29 is 24.2 Å². The molecule has 114 valence electrons. The maximum absolute atomic E-state index is 11.9. The standard InChI is InChI=1S/C13H22N2O5/c1-9(2)3-4-11(16)14-7-12(17)15-5-6-20-10(8-15)13(18)19/h9-10H,3-8H2,1-2H3,(H,14,16)(H,18,19). The maximum atomic E-state index is 11.9. The van der Waals surface area contributed by atoms with Gasteiger partial charge in [0.15, 0.2) is 6.10 Å². The molecule has 1 atom stereocenters. The van der Waals surface area contributed by atoms with E-state index in [0.717, 1.165) is 6.42 Å². The van der Waals surface area contributed by atoms with E-state index in [1.807, 2.05) is 13.8 Å². The Morgan fingerprint density at radius 2 is 2.10 bits per heavy atom. The molecule has 1 unspecified atom stereocenters. The lowest BCUT2D eigenvalue weighted by molar-refractivity contribution is -0.159. The van der Waals surface area contributed by atoms with E-state index in [4.69, 9.17) is 9.84 Å². The van der Waals surface area contributed by atoms with Gasteiger partial charge in [0.2, 0.25) is 11.8 Å². The van der Waals surface area contributed by atoms with Crippen molar-refractivity contribution in [2.75, 3.05) is 26.2 Å². The van der Waals surface area contributed by atoms with Crippen molar-refractivity contribution in [1.29, 1.82) is 0 Å². The van der Waals surface area contributed by atoms with Gasteiger partial charge in [-0.05, 0) is 12.3 Å². The molecule has 20 heavy (non-hydrogen) atoms. The number of hydrogen-bond acceptors (Lipinski definition) is 4. The Balaban J connectivity index is 2.31. The van der Waals surface area contributed by atoms with Crippen LogP contribution in [0.5, 0.6) is 0 Å². The van der Waals surface area contributed by atoms with Gasteiger partial charge in [-0.25, -0.2) is 4.79 Å². The van der Waals surface area contributed by atoms with Crippen molar-refractivity contribution in [3.05, 3.63) is 0 Å². The Morgan fingerprint density at radius 3 is 2.70 bits per heavy atom. The quantitative estimate of drug-likeness (QED) is 0.708. The number of ether oxygens (including phenoxy) is 1. The molecule has 1 aliphatic rings. The van der Waals surface area contributed by atoms with Gasteiger partial charge in [0.1, 0.15) is 0 Å². The van der Waals surface area contributed by atoms with E-state index >= 15 is 0 Å². The normalized spacial score (nSPS) is 18.9. The number of rotatable bonds is 6. The van der Waals surface area contributed by atoms with Gasteiger partial charge in [-0.1, -0.05) is 13.8 Å². The number of carboxylic acids is 1. The average molecular weight is 286 g/mol. The van der Waals surface area contributed by atoms with Crippen LogP contribution in [-0.2, 0) is 19.1 Å². The Labute approximate surface area is 118 Å². The molecule has 2 N–H and O–H groups in total. The van der Waals surface area contributed by atoms with E-state index in [1.54, 1.807) is 0 Å². The molecule has 1 rings (SSSR count). The van der Waals surface area contributed by atoms with Gasteiger partial charge in [0, 0.05) is 13.0 Å². The van der Waals surface area contributed by atoms with E-state index in [9.17, 15) is 14.4 Å². The van der Waals surface area contributed by atoms with Crippen molar-refractivity contribution in [2.24, 2.45) is 5.92 Å². The summed E-state index contributed by atoms with van der Waals surface area (Å²) in [6, 6.07) is 0. The number of nitrogens with one attached hydrogen (secondary N) is 1. The highest BCUT2D eigenvalue weighted by atomic mass is 16.5. The van der Waals surface area contributed by atoms with Crippen LogP contribution in [-0.4, -0.2) is 60.1 Å². The SMILES string of the molecule is CC(C)CCC(=O)NCC(=O)N1CCOC(C(=O)O)C1. The molecular formula is C13H22N2O5. The van der Waals surface area contributed by atoms with E-state index in [2.05, 4.69) is 5.32 Å². The minimum Gasteiger partial charge on any atom is -0.479 e. The number of hydrogen-bond donors (Lipinski definition) is 2. The van der Waals surface area contributed by atoms with Crippen LogP contribution in [0.2, 0.25) is 0 Å². The molecule has 0 spiro atoms. The molecule has 7 nitrogen and oxygen atoms in total. The van der Waals surface area contributed by atoms with Crippen LogP contribution in [0.15, 0.2) is 0 Å². The average Bonchev–Trinajstić information content (AvgIpc) is 2.42. The van der Waals surface area contributed by atoms with Crippen LogP contribution in [0, 0.1) is 5.92 Å². The smallest absolute Gasteiger partial charge is 0.334 e. The van der Waals surface area contributed by atoms with Crippen LogP contribution in [0.1, 0.15) is 26.7 Å². The molecule has 7 heteroatoms. The second kappa shape index (κ2) is 7.84. The molecular weight excluding hydrogens is 264 g/mol. The van der Waals surface area contributed by atoms with Gasteiger partial charge in [0.05, 0.1) is 19.7 Å². The minimum absolute atomic E-state index is 0.0238. The summed E-state index contributed by atoms with van der Waals surface area (Å²) in [5.41, 5.74) is 0. The topological polar surface area (TPSA) is 95.9 Å². The van der Waals surface area contributed by atoms with Crippen molar-refractivity contribution in [2.45, 2.75) is 32.8 Å². The van der Waals surface area contributed by atoms with Gasteiger partial charge >= 0.3 is 5.97 Å². The minimum atomic E-state index is -1.08. The predicted molar refractivity (Wildman–Crippen MR) is 71.0 cm³/mol. The Hall–Kier alpha value is -1.63. The highest BCUT2D eigenvalue weighted by Gasteiger charge is 2.28. The number of amides is 2. The fourth-order valence-corrected chi connectivity index (χ4v) is 1.82. The van der Waals surface area contributed by atoms with E-state index in [-0.39, 0.29) is 31.5 Å². The summed E-state index contributed by atoms with van der Waals surface area (Å²) in [4.78, 5) is 35.6. The Morgan fingerprint density at radius 1 is 1.40 bits per heavy atom. The van der Waals surface area contributed by atoms with E-state index in [0.29, 0.717) is 18.9 Å². The molecule has 0 aromatic heterocycles. The van der Waals surface area contributed by atoms with Crippen LogP contribution in [0.3, 0.4) is 0 Å². The summed E-state index contributed by atoms with van der Waals surface area (Å²) >= 11 is 0. The van der Waals surface area contributed by atoms with E-state index in [1.165, 1.54) is 4.90 Å². The lowest BCUT2D eigenvalue weighted by atomic mass is 10.1. The molecule has 0 radical (unpaired) electrons. The number of aliphatic carboxylic acids is 1. The first-order chi connectivity index (χ1) is 9.40. The molecule has 0 aromatic carbocycles. The summed E-state index contributed by atoms with van der Waals surface area (Å²) in [5, 5.41) is 11.4. The number of nitrogens with zero attached hydrogens (tertiary/aromatic N) is 1. The third-order valence-electron chi connectivity index (χ3n) is 3.08. The van der Waals surface area contributed by atoms with Gasteiger partial charge < -0.3 is 20.1 Å². The highest BCUT2D eigenvalue weighted by molar-refractivity contribution is 5.85. The number of carboxylic acid groups (broad SMARTS) is 1. The molecule has 1 heterocycles. The monoisotopic (exact) mass is 286 g/mol. The lowest BCUT2D eigenvalue weighted by Crippen LogP contribution is -2.51. The Kier molecular flexibility index (Phi) is 6.44. The summed E-state index contributed by atoms with van der Waals surface area (Å²) in [5.74, 6) is -1.08. The van der Waals surface area contributed by atoms with Crippen LogP contribution in [0.25, 0.3) is 0 Å². The van der Waals surface area contributed by atoms with E-state index < -0.39 is 12.1 Å². The second-order valence-electron chi connectivity index (χ2n) is 5.25. The van der Waals surface area contributed by atoms with Crippen molar-refractivity contribution in [3.63, 3.8) is 0 Å². The molecule has 0 bridgehead atoms. The van der Waals surface area contributed by atoms with Crippen LogP contribution in [0.4, 0.5) is 0 Å². The van der Waals surface area contributed by atoms with Gasteiger partial charge in [-0.15, -0.1) is 0 Å². The summed E-state index contributed by atoms with van der Waals surface area (Å²) in [6.07, 6.45) is 0.189. The molecule has 1 fully saturated rings. The van der Waals surface area contributed by atoms with Crippen molar-refractivity contribution >= 4 is 17.8 Å². The first kappa shape index (κ1) is 16.4.